The fourth-order valence-electron chi connectivity index (χ4n) is 3.10. The van der Waals surface area contributed by atoms with Crippen LogP contribution in [0.3, 0.4) is 0 Å². The van der Waals surface area contributed by atoms with Crippen LogP contribution in [-0.2, 0) is 16.1 Å². The van der Waals surface area contributed by atoms with Crippen molar-refractivity contribution in [3.8, 4) is 0 Å². The third kappa shape index (κ3) is 6.32. The van der Waals surface area contributed by atoms with E-state index in [4.69, 9.17) is 4.74 Å². The third-order valence-electron chi connectivity index (χ3n) is 4.79. The van der Waals surface area contributed by atoms with Gasteiger partial charge in [0.05, 0.1) is 13.2 Å². The fraction of sp³-hybridized carbons (Fsp3) is 0.632. The molecule has 0 bridgehead atoms. The lowest BCUT2D eigenvalue weighted by Crippen LogP contribution is -2.35. The summed E-state index contributed by atoms with van der Waals surface area (Å²) >= 11 is 0. The maximum absolute atomic E-state index is 12.3. The number of nitrogens with one attached hydrogen (secondary N) is 1. The smallest absolute Gasteiger partial charge is 0.222 e. The molecule has 1 aliphatic heterocycles. The molecule has 1 aromatic rings. The number of piperidine rings is 1. The van der Waals surface area contributed by atoms with E-state index in [1.165, 1.54) is 18.4 Å². The van der Waals surface area contributed by atoms with E-state index in [-0.39, 0.29) is 5.91 Å². The number of likely N-dealkylation sites (N-methyl/N-ethyl adjacent to an activating group) is 1. The Morgan fingerprint density at radius 3 is 2.70 bits per heavy atom. The number of carbonyl (C=O) groups is 1. The van der Waals surface area contributed by atoms with Crippen LogP contribution in [-0.4, -0.2) is 44.1 Å². The van der Waals surface area contributed by atoms with Gasteiger partial charge in [-0.25, -0.2) is 0 Å². The van der Waals surface area contributed by atoms with Gasteiger partial charge in [0.1, 0.15) is 0 Å². The molecule has 0 spiro atoms. The highest BCUT2D eigenvalue weighted by molar-refractivity contribution is 5.76. The van der Waals surface area contributed by atoms with E-state index in [1.807, 2.05) is 30.1 Å². The molecule has 4 heteroatoms. The molecule has 1 N–H and O–H groups in total. The van der Waals surface area contributed by atoms with Gasteiger partial charge in [-0.3, -0.25) is 4.79 Å². The van der Waals surface area contributed by atoms with Crippen molar-refractivity contribution in [2.45, 2.75) is 32.8 Å². The van der Waals surface area contributed by atoms with Gasteiger partial charge in [0.2, 0.25) is 5.91 Å². The number of rotatable bonds is 8. The van der Waals surface area contributed by atoms with E-state index in [1.54, 1.807) is 0 Å². The second kappa shape index (κ2) is 9.68. The molecule has 4 nitrogen and oxygen atoms in total. The van der Waals surface area contributed by atoms with Crippen LogP contribution in [0.1, 0.15) is 31.7 Å². The van der Waals surface area contributed by atoms with E-state index >= 15 is 0 Å². The molecule has 1 aromatic carbocycles. The molecule has 0 aliphatic carbocycles. The Balaban J connectivity index is 1.62. The molecule has 128 valence electrons. The average Bonchev–Trinajstić information content (AvgIpc) is 2.60. The zero-order valence-electron chi connectivity index (χ0n) is 14.5. The summed E-state index contributed by atoms with van der Waals surface area (Å²) in [4.78, 5) is 14.1. The van der Waals surface area contributed by atoms with Gasteiger partial charge in [-0.1, -0.05) is 37.3 Å². The van der Waals surface area contributed by atoms with Crippen molar-refractivity contribution in [1.82, 2.24) is 10.2 Å². The summed E-state index contributed by atoms with van der Waals surface area (Å²) in [6, 6.07) is 10.1. The van der Waals surface area contributed by atoms with Crippen molar-refractivity contribution in [2.24, 2.45) is 11.8 Å². The molecule has 1 aliphatic rings. The number of ether oxygens (including phenoxy) is 1. The number of carbonyl (C=O) groups excluding carboxylic acids is 1. The van der Waals surface area contributed by atoms with Crippen LogP contribution in [0.25, 0.3) is 0 Å². The first-order valence-electron chi connectivity index (χ1n) is 8.73. The van der Waals surface area contributed by atoms with Gasteiger partial charge in [-0.15, -0.1) is 0 Å². The molecule has 1 unspecified atom stereocenters. The van der Waals surface area contributed by atoms with E-state index in [9.17, 15) is 4.79 Å². The first-order chi connectivity index (χ1) is 11.2. The van der Waals surface area contributed by atoms with Crippen LogP contribution >= 0.6 is 0 Å². The lowest BCUT2D eigenvalue weighted by atomic mass is 9.84. The third-order valence-corrected chi connectivity index (χ3v) is 4.79. The summed E-state index contributed by atoms with van der Waals surface area (Å²) in [5, 5.41) is 3.38. The summed E-state index contributed by atoms with van der Waals surface area (Å²) in [6.07, 6.45) is 3.04. The molecule has 1 amide bonds. The van der Waals surface area contributed by atoms with E-state index in [0.717, 1.165) is 13.1 Å². The molecule has 2 rings (SSSR count). The minimum absolute atomic E-state index is 0.236. The highest BCUT2D eigenvalue weighted by Crippen LogP contribution is 2.24. The van der Waals surface area contributed by atoms with Crippen molar-refractivity contribution in [2.75, 3.05) is 33.3 Å². The highest BCUT2D eigenvalue weighted by atomic mass is 16.5. The number of hydrogen-bond acceptors (Lipinski definition) is 3. The zero-order chi connectivity index (χ0) is 16.5. The quantitative estimate of drug-likeness (QED) is 0.749. The number of hydrogen-bond donors (Lipinski definition) is 1. The molecule has 1 fully saturated rings. The number of nitrogens with zero attached hydrogens (tertiary/aromatic N) is 1. The van der Waals surface area contributed by atoms with Crippen LogP contribution in [0, 0.1) is 11.8 Å². The molecule has 0 radical (unpaired) electrons. The maximum Gasteiger partial charge on any atom is 0.222 e. The molecule has 1 atom stereocenters. The van der Waals surface area contributed by atoms with Crippen LogP contribution in [0.5, 0.6) is 0 Å². The second-order valence-electron chi connectivity index (χ2n) is 6.62. The van der Waals surface area contributed by atoms with Crippen molar-refractivity contribution < 1.29 is 9.53 Å². The molecular formula is C19H30N2O2. The first-order valence-corrected chi connectivity index (χ1v) is 8.73. The van der Waals surface area contributed by atoms with Gasteiger partial charge in [-0.2, -0.15) is 0 Å². The van der Waals surface area contributed by atoms with Gasteiger partial charge in [0.25, 0.3) is 0 Å². The maximum atomic E-state index is 12.3. The summed E-state index contributed by atoms with van der Waals surface area (Å²) in [5.74, 6) is 1.39. The van der Waals surface area contributed by atoms with Gasteiger partial charge < -0.3 is 15.0 Å². The predicted octanol–water partition coefficient (Wildman–Crippen LogP) is 2.69. The predicted molar refractivity (Wildman–Crippen MR) is 93.1 cm³/mol. The standard InChI is InChI=1S/C19H30N2O2/c1-16(18-8-10-20-11-9-18)14-19(22)21(2)12-13-23-15-17-6-4-3-5-7-17/h3-7,16,18,20H,8-15H2,1-2H3. The van der Waals surface area contributed by atoms with Gasteiger partial charge in [-0.05, 0) is 43.3 Å². The van der Waals surface area contributed by atoms with Crippen LogP contribution in [0.2, 0.25) is 0 Å². The first kappa shape index (κ1) is 18.0. The van der Waals surface area contributed by atoms with E-state index < -0.39 is 0 Å². The van der Waals surface area contributed by atoms with E-state index in [2.05, 4.69) is 24.4 Å². The van der Waals surface area contributed by atoms with Crippen molar-refractivity contribution in [1.29, 1.82) is 0 Å². The Morgan fingerprint density at radius 2 is 2.00 bits per heavy atom. The minimum atomic E-state index is 0.236. The average molecular weight is 318 g/mol. The van der Waals surface area contributed by atoms with Crippen molar-refractivity contribution >= 4 is 5.91 Å². The molecule has 0 saturated carbocycles. The monoisotopic (exact) mass is 318 g/mol. The largest absolute Gasteiger partial charge is 0.375 e. The molecule has 1 heterocycles. The van der Waals surface area contributed by atoms with Crippen LogP contribution < -0.4 is 5.32 Å². The molecular weight excluding hydrogens is 288 g/mol. The topological polar surface area (TPSA) is 41.6 Å². The molecule has 0 aromatic heterocycles. The van der Waals surface area contributed by atoms with Crippen LogP contribution in [0.4, 0.5) is 0 Å². The van der Waals surface area contributed by atoms with Crippen molar-refractivity contribution in [3.63, 3.8) is 0 Å². The Labute approximate surface area is 140 Å². The SMILES string of the molecule is CC(CC(=O)N(C)CCOCc1ccccc1)C1CCNCC1. The lowest BCUT2D eigenvalue weighted by molar-refractivity contribution is -0.132. The van der Waals surface area contributed by atoms with Gasteiger partial charge in [0, 0.05) is 20.0 Å². The summed E-state index contributed by atoms with van der Waals surface area (Å²) in [5.41, 5.74) is 1.17. The zero-order valence-corrected chi connectivity index (χ0v) is 14.5. The minimum Gasteiger partial charge on any atom is -0.375 e. The highest BCUT2D eigenvalue weighted by Gasteiger charge is 2.23. The van der Waals surface area contributed by atoms with E-state index in [0.29, 0.717) is 38.0 Å². The summed E-state index contributed by atoms with van der Waals surface area (Å²) in [7, 11) is 1.88. The summed E-state index contributed by atoms with van der Waals surface area (Å²) in [6.45, 7) is 6.24. The van der Waals surface area contributed by atoms with Crippen LogP contribution in [0.15, 0.2) is 30.3 Å². The Kier molecular flexibility index (Phi) is 7.56. The van der Waals surface area contributed by atoms with Gasteiger partial charge in [0.15, 0.2) is 0 Å². The number of benzene rings is 1. The summed E-state index contributed by atoms with van der Waals surface area (Å²) < 4.78 is 5.66. The number of amides is 1. The molecule has 1 saturated heterocycles. The van der Waals surface area contributed by atoms with Crippen molar-refractivity contribution in [3.05, 3.63) is 35.9 Å². The lowest BCUT2D eigenvalue weighted by Gasteiger charge is -2.29. The second-order valence-corrected chi connectivity index (χ2v) is 6.62. The van der Waals surface area contributed by atoms with Gasteiger partial charge >= 0.3 is 0 Å². The Morgan fingerprint density at radius 1 is 1.30 bits per heavy atom. The Bertz CT molecular complexity index is 458. The Hall–Kier alpha value is -1.39. The normalized spacial score (nSPS) is 17.0. The fourth-order valence-corrected chi connectivity index (χ4v) is 3.10. The molecule has 23 heavy (non-hydrogen) atoms.